The lowest BCUT2D eigenvalue weighted by atomic mass is 10.2. The predicted molar refractivity (Wildman–Crippen MR) is 73.8 cm³/mol. The zero-order chi connectivity index (χ0) is 16.6. The Kier molecular flexibility index (Phi) is 3.64. The van der Waals surface area contributed by atoms with E-state index >= 15 is 0 Å². The Balaban J connectivity index is 1.96. The Labute approximate surface area is 130 Å². The van der Waals surface area contributed by atoms with Gasteiger partial charge in [-0.2, -0.15) is 22.8 Å². The van der Waals surface area contributed by atoms with Gasteiger partial charge in [0, 0.05) is 5.56 Å². The van der Waals surface area contributed by atoms with Crippen LogP contribution in [0.25, 0.3) is 15.5 Å². The van der Waals surface area contributed by atoms with Crippen LogP contribution < -0.4 is 10.5 Å². The van der Waals surface area contributed by atoms with Crippen LogP contribution in [0.15, 0.2) is 24.3 Å². The van der Waals surface area contributed by atoms with E-state index < -0.39 is 17.9 Å². The molecule has 23 heavy (non-hydrogen) atoms. The number of nitrogens with zero attached hydrogens (tertiary/aromatic N) is 4. The molecule has 7 nitrogen and oxygen atoms in total. The second-order valence-electron chi connectivity index (χ2n) is 4.41. The van der Waals surface area contributed by atoms with E-state index in [9.17, 15) is 18.0 Å². The molecule has 120 valence electrons. The minimum atomic E-state index is -4.64. The first-order valence-corrected chi connectivity index (χ1v) is 6.97. The van der Waals surface area contributed by atoms with Crippen LogP contribution in [-0.4, -0.2) is 32.3 Å². The van der Waals surface area contributed by atoms with Crippen LogP contribution in [0, 0.1) is 0 Å². The smallest absolute Gasteiger partial charge is 0.453 e. The number of alkyl halides is 3. The maximum atomic E-state index is 12.8. The van der Waals surface area contributed by atoms with E-state index in [0.717, 1.165) is 11.3 Å². The second kappa shape index (κ2) is 5.50. The van der Waals surface area contributed by atoms with Crippen molar-refractivity contribution in [3.8, 4) is 16.3 Å². The number of carbonyl (C=O) groups is 1. The monoisotopic (exact) mass is 343 g/mol. The minimum Gasteiger partial charge on any atom is -0.484 e. The molecule has 0 fully saturated rings. The Morgan fingerprint density at radius 3 is 2.83 bits per heavy atom. The molecule has 3 rings (SSSR count). The van der Waals surface area contributed by atoms with E-state index in [1.54, 1.807) is 24.3 Å². The summed E-state index contributed by atoms with van der Waals surface area (Å²) in [6, 6.07) is 6.41. The van der Waals surface area contributed by atoms with Crippen LogP contribution in [0.2, 0.25) is 0 Å². The average molecular weight is 343 g/mol. The summed E-state index contributed by atoms with van der Waals surface area (Å²) in [5.41, 5.74) is 5.51. The van der Waals surface area contributed by atoms with Crippen LogP contribution in [-0.2, 0) is 11.0 Å². The van der Waals surface area contributed by atoms with Gasteiger partial charge >= 0.3 is 6.18 Å². The zero-order valence-electron chi connectivity index (χ0n) is 11.2. The van der Waals surface area contributed by atoms with Gasteiger partial charge in [0.15, 0.2) is 6.61 Å². The molecular formula is C12H8F3N5O2S. The van der Waals surface area contributed by atoms with Crippen molar-refractivity contribution in [1.29, 1.82) is 0 Å². The fraction of sp³-hybridized carbons (Fsp3) is 0.167. The molecule has 0 aliphatic rings. The lowest BCUT2D eigenvalue weighted by Gasteiger charge is -2.04. The molecular weight excluding hydrogens is 335 g/mol. The van der Waals surface area contributed by atoms with Crippen LogP contribution in [0.3, 0.4) is 0 Å². The summed E-state index contributed by atoms with van der Waals surface area (Å²) in [6.07, 6.45) is -4.64. The van der Waals surface area contributed by atoms with Crippen molar-refractivity contribution in [1.82, 2.24) is 19.8 Å². The molecule has 0 saturated heterocycles. The summed E-state index contributed by atoms with van der Waals surface area (Å²) in [5, 5.41) is 10.8. The third-order valence-electron chi connectivity index (χ3n) is 2.71. The molecule has 2 heterocycles. The van der Waals surface area contributed by atoms with E-state index in [-0.39, 0.29) is 11.6 Å². The average Bonchev–Trinajstić information content (AvgIpc) is 3.04. The van der Waals surface area contributed by atoms with E-state index in [2.05, 4.69) is 15.3 Å². The van der Waals surface area contributed by atoms with Crippen LogP contribution in [0.1, 0.15) is 5.82 Å². The van der Waals surface area contributed by atoms with Gasteiger partial charge < -0.3 is 10.5 Å². The molecule has 0 spiro atoms. The first kappa shape index (κ1) is 15.2. The van der Waals surface area contributed by atoms with E-state index in [1.807, 2.05) is 0 Å². The summed E-state index contributed by atoms with van der Waals surface area (Å²) >= 11 is 0.951. The first-order valence-electron chi connectivity index (χ1n) is 6.15. The summed E-state index contributed by atoms with van der Waals surface area (Å²) in [6.45, 7) is -0.299. The highest BCUT2D eigenvalue weighted by Crippen LogP contribution is 2.32. The lowest BCUT2D eigenvalue weighted by molar-refractivity contribution is -0.146. The molecule has 0 radical (unpaired) electrons. The lowest BCUT2D eigenvalue weighted by Crippen LogP contribution is -2.19. The number of primary amides is 1. The van der Waals surface area contributed by atoms with Gasteiger partial charge in [0.05, 0.1) is 0 Å². The number of rotatable bonds is 4. The first-order chi connectivity index (χ1) is 10.8. The number of aromatic nitrogens is 4. The standard InChI is InChI=1S/C12H8F3N5O2S/c13-12(14,15)10-17-18-11-20(10)19-9(23-11)6-2-1-3-7(4-6)22-5-8(16)21/h1-4H,5H2,(H2,16,21). The highest BCUT2D eigenvalue weighted by Gasteiger charge is 2.38. The number of nitrogens with two attached hydrogens (primary N) is 1. The third-order valence-corrected chi connectivity index (χ3v) is 3.65. The fourth-order valence-electron chi connectivity index (χ4n) is 1.78. The molecule has 1 aromatic carbocycles. The molecule has 0 saturated carbocycles. The molecule has 0 atom stereocenters. The number of ether oxygens (including phenoxy) is 1. The molecule has 2 N–H and O–H groups in total. The van der Waals surface area contributed by atoms with E-state index in [1.165, 1.54) is 0 Å². The van der Waals surface area contributed by atoms with Gasteiger partial charge in [-0.25, -0.2) is 0 Å². The van der Waals surface area contributed by atoms with Crippen molar-refractivity contribution < 1.29 is 22.7 Å². The maximum Gasteiger partial charge on any atom is 0.453 e. The predicted octanol–water partition coefficient (Wildman–Crippen LogP) is 1.74. The highest BCUT2D eigenvalue weighted by atomic mass is 32.1. The fourth-order valence-corrected chi connectivity index (χ4v) is 2.62. The topological polar surface area (TPSA) is 95.4 Å². The summed E-state index contributed by atoms with van der Waals surface area (Å²) in [5.74, 6) is -1.47. The third kappa shape index (κ3) is 3.08. The van der Waals surface area contributed by atoms with Crippen molar-refractivity contribution in [3.63, 3.8) is 0 Å². The van der Waals surface area contributed by atoms with Gasteiger partial charge in [-0.3, -0.25) is 4.79 Å². The van der Waals surface area contributed by atoms with Gasteiger partial charge in [0.1, 0.15) is 10.8 Å². The number of hydrogen-bond acceptors (Lipinski definition) is 6. The summed E-state index contributed by atoms with van der Waals surface area (Å²) in [7, 11) is 0. The quantitative estimate of drug-likeness (QED) is 0.778. The Bertz CT molecular complexity index is 873. The Morgan fingerprint density at radius 2 is 2.13 bits per heavy atom. The number of halogens is 3. The van der Waals surface area contributed by atoms with Gasteiger partial charge in [-0.15, -0.1) is 10.2 Å². The Morgan fingerprint density at radius 1 is 1.35 bits per heavy atom. The molecule has 2 aromatic heterocycles. The van der Waals surface area contributed by atoms with Crippen molar-refractivity contribution in [2.75, 3.05) is 6.61 Å². The Hall–Kier alpha value is -2.69. The van der Waals surface area contributed by atoms with Gasteiger partial charge in [0.2, 0.25) is 4.96 Å². The molecule has 3 aromatic rings. The minimum absolute atomic E-state index is 0.0239. The number of carbonyl (C=O) groups excluding carboxylic acids is 1. The van der Waals surface area contributed by atoms with Crippen molar-refractivity contribution in [3.05, 3.63) is 30.1 Å². The number of hydrogen-bond donors (Lipinski definition) is 1. The number of amides is 1. The van der Waals surface area contributed by atoms with Crippen LogP contribution >= 0.6 is 11.3 Å². The zero-order valence-corrected chi connectivity index (χ0v) is 12.1. The van der Waals surface area contributed by atoms with E-state index in [0.29, 0.717) is 20.8 Å². The van der Waals surface area contributed by atoms with Crippen LogP contribution in [0.4, 0.5) is 13.2 Å². The van der Waals surface area contributed by atoms with E-state index in [4.69, 9.17) is 10.5 Å². The van der Waals surface area contributed by atoms with Crippen LogP contribution in [0.5, 0.6) is 5.75 Å². The SMILES string of the molecule is NC(=O)COc1cccc(-c2nn3c(C(F)(F)F)nnc3s2)c1. The molecule has 0 unspecified atom stereocenters. The molecule has 0 aliphatic heterocycles. The summed E-state index contributed by atoms with van der Waals surface area (Å²) in [4.78, 5) is 10.7. The summed E-state index contributed by atoms with van der Waals surface area (Å²) < 4.78 is 44.1. The number of fused-ring (bicyclic) bond motifs is 1. The molecule has 11 heteroatoms. The molecule has 0 aliphatic carbocycles. The van der Waals surface area contributed by atoms with Crippen molar-refractivity contribution in [2.24, 2.45) is 5.73 Å². The second-order valence-corrected chi connectivity index (χ2v) is 5.36. The van der Waals surface area contributed by atoms with Gasteiger partial charge in [-0.05, 0) is 12.1 Å². The number of benzene rings is 1. The highest BCUT2D eigenvalue weighted by molar-refractivity contribution is 7.19. The largest absolute Gasteiger partial charge is 0.484 e. The van der Waals surface area contributed by atoms with Gasteiger partial charge in [0.25, 0.3) is 11.7 Å². The molecule has 1 amide bonds. The van der Waals surface area contributed by atoms with Crippen molar-refractivity contribution in [2.45, 2.75) is 6.18 Å². The maximum absolute atomic E-state index is 12.8. The molecule has 0 bridgehead atoms. The normalized spacial score (nSPS) is 11.8. The van der Waals surface area contributed by atoms with Crippen molar-refractivity contribution >= 4 is 22.2 Å². The van der Waals surface area contributed by atoms with Gasteiger partial charge in [-0.1, -0.05) is 23.5 Å².